The van der Waals surface area contributed by atoms with Crippen LogP contribution in [0.1, 0.15) is 80.8 Å². The van der Waals surface area contributed by atoms with Gasteiger partial charge in [-0.15, -0.1) is 0 Å². The standard InChI is InChI=1S/C34H45ClN2O4S/c1-6-7-24-16-28(35)12-14-29(24)27-19-37-18-26-10-13-30(26)33(40-5)22(3)9-8-21(2)23(4)42(39)36-34(38)25-11-15-32(41-20-27)31(37)17-25/h9,11-12,14-17,21,23,26-27,30,33H,6-8,10,13,18-20H2,1-5H3,(H,36,38)/b22-9+. The van der Waals surface area contributed by atoms with E-state index >= 15 is 0 Å². The van der Waals surface area contributed by atoms with Crippen molar-refractivity contribution in [2.75, 3.05) is 31.7 Å². The fourth-order valence-corrected chi connectivity index (χ4v) is 8.00. The topological polar surface area (TPSA) is 73.9 Å². The van der Waals surface area contributed by atoms with Crippen molar-refractivity contribution in [2.24, 2.45) is 17.8 Å². The third-order valence-corrected chi connectivity index (χ3v) is 11.4. The Morgan fingerprint density at radius 1 is 1.17 bits per heavy atom. The number of fused-ring (bicyclic) bond motifs is 2. The number of aryl methyl sites for hydroxylation is 1. The van der Waals surface area contributed by atoms with Gasteiger partial charge in [-0.2, -0.15) is 4.72 Å². The molecular formula is C34H45ClN2O4S. The van der Waals surface area contributed by atoms with Gasteiger partial charge in [-0.1, -0.05) is 44.0 Å². The van der Waals surface area contributed by atoms with Crippen LogP contribution in [0.2, 0.25) is 5.02 Å². The van der Waals surface area contributed by atoms with Gasteiger partial charge in [0.05, 0.1) is 29.8 Å². The van der Waals surface area contributed by atoms with Crippen LogP contribution in [0.15, 0.2) is 48.0 Å². The number of allylic oxidation sites excluding steroid dienone is 1. The molecule has 3 aliphatic rings. The zero-order valence-electron chi connectivity index (χ0n) is 25.5. The van der Waals surface area contributed by atoms with Crippen molar-refractivity contribution in [3.8, 4) is 5.75 Å². The molecule has 42 heavy (non-hydrogen) atoms. The van der Waals surface area contributed by atoms with Gasteiger partial charge in [0.2, 0.25) is 0 Å². The second-order valence-electron chi connectivity index (χ2n) is 12.4. The van der Waals surface area contributed by atoms with Gasteiger partial charge in [-0.05, 0) is 98.4 Å². The maximum absolute atomic E-state index is 13.3. The van der Waals surface area contributed by atoms with Crippen molar-refractivity contribution < 1.29 is 18.8 Å². The molecule has 0 spiro atoms. The highest BCUT2D eigenvalue weighted by atomic mass is 35.5. The minimum Gasteiger partial charge on any atom is -0.593 e. The van der Waals surface area contributed by atoms with Gasteiger partial charge in [0.25, 0.3) is 5.91 Å². The highest BCUT2D eigenvalue weighted by molar-refractivity contribution is 7.90. The summed E-state index contributed by atoms with van der Waals surface area (Å²) in [6, 6.07) is 11.8. The highest BCUT2D eigenvalue weighted by Crippen LogP contribution is 2.44. The predicted molar refractivity (Wildman–Crippen MR) is 172 cm³/mol. The van der Waals surface area contributed by atoms with Crippen molar-refractivity contribution in [1.82, 2.24) is 4.72 Å². The fourth-order valence-electron chi connectivity index (χ4n) is 6.79. The SMILES string of the molecule is CCCc1cc(Cl)ccc1C1COc2ccc3cc2N(C1)CC1CCC1C(OC)/C(C)=C/CC(C)C(C)[S+]([O-])NC3=O. The number of nitrogens with one attached hydrogen (secondary N) is 1. The number of carbonyl (C=O) groups excluding carboxylic acids is 1. The number of benzene rings is 2. The first kappa shape index (κ1) is 31.2. The Hall–Kier alpha value is -2.19. The van der Waals surface area contributed by atoms with Crippen LogP contribution in [0, 0.1) is 17.8 Å². The third-order valence-electron chi connectivity index (χ3n) is 9.67. The van der Waals surface area contributed by atoms with Crippen LogP contribution in [0.25, 0.3) is 0 Å². The lowest BCUT2D eigenvalue weighted by Gasteiger charge is -2.44. The number of halogens is 1. The number of carbonyl (C=O) groups is 1. The van der Waals surface area contributed by atoms with E-state index in [9.17, 15) is 9.35 Å². The summed E-state index contributed by atoms with van der Waals surface area (Å²) in [6.45, 7) is 10.6. The van der Waals surface area contributed by atoms with Gasteiger partial charge in [-0.3, -0.25) is 4.79 Å². The lowest BCUT2D eigenvalue weighted by molar-refractivity contribution is 0.00641. The number of nitrogens with zero attached hydrogens (tertiary/aromatic N) is 1. The molecule has 1 saturated carbocycles. The van der Waals surface area contributed by atoms with Gasteiger partial charge in [0.15, 0.2) is 0 Å². The summed E-state index contributed by atoms with van der Waals surface area (Å²) in [5, 5.41) is 0.564. The largest absolute Gasteiger partial charge is 0.593 e. The Labute approximate surface area is 259 Å². The molecule has 6 nitrogen and oxygen atoms in total. The van der Waals surface area contributed by atoms with Crippen molar-refractivity contribution >= 4 is 34.6 Å². The predicted octanol–water partition coefficient (Wildman–Crippen LogP) is 7.08. The summed E-state index contributed by atoms with van der Waals surface area (Å²) < 4.78 is 28.5. The number of amides is 1. The normalized spacial score (nSPS) is 31.5. The molecule has 0 saturated heterocycles. The number of hydrogen-bond acceptors (Lipinski definition) is 5. The average molecular weight is 613 g/mol. The summed E-state index contributed by atoms with van der Waals surface area (Å²) in [5.41, 5.74) is 5.19. The lowest BCUT2D eigenvalue weighted by atomic mass is 9.68. The van der Waals surface area contributed by atoms with Crippen molar-refractivity contribution in [3.05, 3.63) is 69.8 Å². The van der Waals surface area contributed by atoms with E-state index in [1.165, 1.54) is 16.7 Å². The first-order chi connectivity index (χ1) is 20.2. The van der Waals surface area contributed by atoms with Crippen LogP contribution in [0.4, 0.5) is 5.69 Å². The first-order valence-electron chi connectivity index (χ1n) is 15.4. The quantitative estimate of drug-likeness (QED) is 0.295. The molecule has 0 aromatic heterocycles. The molecule has 2 bridgehead atoms. The fraction of sp³-hybridized carbons (Fsp3) is 0.559. The van der Waals surface area contributed by atoms with Crippen LogP contribution < -0.4 is 14.4 Å². The molecule has 2 aliphatic heterocycles. The molecule has 1 fully saturated rings. The molecule has 8 heteroatoms. The molecule has 228 valence electrons. The maximum Gasteiger partial charge on any atom is 0.292 e. The minimum atomic E-state index is -1.51. The van der Waals surface area contributed by atoms with Gasteiger partial charge >= 0.3 is 0 Å². The lowest BCUT2D eigenvalue weighted by Crippen LogP contribution is -2.45. The molecule has 7 atom stereocenters. The molecule has 1 amide bonds. The molecule has 0 radical (unpaired) electrons. The van der Waals surface area contributed by atoms with E-state index < -0.39 is 11.4 Å². The molecule has 5 rings (SSSR count). The van der Waals surface area contributed by atoms with E-state index in [4.69, 9.17) is 21.1 Å². The van der Waals surface area contributed by atoms with Crippen molar-refractivity contribution in [2.45, 2.75) is 77.1 Å². The second kappa shape index (κ2) is 13.6. The van der Waals surface area contributed by atoms with Crippen LogP contribution in [0.3, 0.4) is 0 Å². The van der Waals surface area contributed by atoms with Crippen LogP contribution >= 0.6 is 11.6 Å². The Kier molecular flexibility index (Phi) is 10.1. The van der Waals surface area contributed by atoms with Gasteiger partial charge < -0.3 is 18.9 Å². The van der Waals surface area contributed by atoms with Crippen molar-refractivity contribution in [3.63, 3.8) is 0 Å². The van der Waals surface area contributed by atoms with E-state index in [0.29, 0.717) is 24.0 Å². The van der Waals surface area contributed by atoms with Crippen molar-refractivity contribution in [1.29, 1.82) is 0 Å². The Morgan fingerprint density at radius 2 is 1.98 bits per heavy atom. The molecule has 7 unspecified atom stereocenters. The monoisotopic (exact) mass is 612 g/mol. The van der Waals surface area contributed by atoms with E-state index in [0.717, 1.165) is 61.7 Å². The van der Waals surface area contributed by atoms with Gasteiger partial charge in [0.1, 0.15) is 11.0 Å². The van der Waals surface area contributed by atoms with E-state index in [-0.39, 0.29) is 29.1 Å². The van der Waals surface area contributed by atoms with Crippen LogP contribution in [-0.4, -0.2) is 48.6 Å². The van der Waals surface area contributed by atoms with E-state index in [2.05, 4.69) is 48.6 Å². The van der Waals surface area contributed by atoms with Crippen LogP contribution in [-0.2, 0) is 22.5 Å². The smallest absolute Gasteiger partial charge is 0.292 e. The zero-order chi connectivity index (χ0) is 30.0. The number of hydrogen-bond donors (Lipinski definition) is 1. The minimum absolute atomic E-state index is 0.0570. The van der Waals surface area contributed by atoms with E-state index in [1.807, 2.05) is 32.2 Å². The molecular weight excluding hydrogens is 568 g/mol. The summed E-state index contributed by atoms with van der Waals surface area (Å²) in [5.74, 6) is 1.62. The van der Waals surface area contributed by atoms with Gasteiger partial charge in [0, 0.05) is 42.6 Å². The number of anilines is 1. The van der Waals surface area contributed by atoms with Gasteiger partial charge in [-0.25, -0.2) is 0 Å². The third kappa shape index (κ3) is 6.64. The Morgan fingerprint density at radius 3 is 2.69 bits per heavy atom. The summed E-state index contributed by atoms with van der Waals surface area (Å²) in [7, 11) is 1.82. The maximum atomic E-state index is 13.3. The molecule has 2 aromatic rings. The summed E-state index contributed by atoms with van der Waals surface area (Å²) >= 11 is 4.91. The molecule has 1 N–H and O–H groups in total. The summed E-state index contributed by atoms with van der Waals surface area (Å²) in [4.78, 5) is 15.8. The van der Waals surface area contributed by atoms with E-state index in [1.54, 1.807) is 6.07 Å². The molecule has 2 heterocycles. The Bertz CT molecular complexity index is 1300. The zero-order valence-corrected chi connectivity index (χ0v) is 27.1. The molecule has 2 aromatic carbocycles. The molecule has 1 aliphatic carbocycles. The summed E-state index contributed by atoms with van der Waals surface area (Å²) in [6.07, 6.45) is 7.37. The number of ether oxygens (including phenoxy) is 2. The van der Waals surface area contributed by atoms with Crippen LogP contribution in [0.5, 0.6) is 5.75 Å². The average Bonchev–Trinajstić information content (AvgIpc) is 3.14. The number of rotatable bonds is 4. The Balaban J connectivity index is 1.54. The first-order valence-corrected chi connectivity index (χ1v) is 17.0. The highest BCUT2D eigenvalue weighted by Gasteiger charge is 2.40. The number of methoxy groups -OCH3 is 1. The second-order valence-corrected chi connectivity index (χ2v) is 14.4.